The number of benzene rings is 1. The minimum Gasteiger partial charge on any atom is -0.317 e. The van der Waals surface area contributed by atoms with Crippen molar-refractivity contribution in [1.82, 2.24) is 15.1 Å². The minimum absolute atomic E-state index is 0.676. The Hall–Kier alpha value is -1.61. The minimum atomic E-state index is 0.676. The summed E-state index contributed by atoms with van der Waals surface area (Å²) in [6.07, 6.45) is 4.56. The molecule has 0 amide bonds. The second-order valence-corrected chi connectivity index (χ2v) is 5.97. The highest BCUT2D eigenvalue weighted by molar-refractivity contribution is 5.24. The highest BCUT2D eigenvalue weighted by atomic mass is 15.3. The van der Waals surface area contributed by atoms with E-state index in [1.807, 2.05) is 0 Å². The molecule has 1 aromatic carbocycles. The standard InChI is InChI=1S/C18H25N3/c1-2-12-21-18(16-8-10-19-11-9-16)14-17(20-21)13-15-6-4-3-5-7-15/h3-7,14,16,19H,2,8-13H2,1H3. The number of hydrogen-bond acceptors (Lipinski definition) is 2. The molecular weight excluding hydrogens is 258 g/mol. The predicted molar refractivity (Wildman–Crippen MR) is 86.6 cm³/mol. The zero-order valence-electron chi connectivity index (χ0n) is 12.9. The molecule has 0 radical (unpaired) electrons. The zero-order chi connectivity index (χ0) is 14.5. The van der Waals surface area contributed by atoms with Crippen LogP contribution in [0.4, 0.5) is 0 Å². The van der Waals surface area contributed by atoms with Crippen LogP contribution in [0.2, 0.25) is 0 Å². The monoisotopic (exact) mass is 283 g/mol. The van der Waals surface area contributed by atoms with Gasteiger partial charge in [-0.3, -0.25) is 4.68 Å². The molecule has 1 N–H and O–H groups in total. The van der Waals surface area contributed by atoms with Crippen molar-refractivity contribution in [2.24, 2.45) is 0 Å². The molecule has 0 atom stereocenters. The van der Waals surface area contributed by atoms with E-state index in [4.69, 9.17) is 5.10 Å². The van der Waals surface area contributed by atoms with E-state index >= 15 is 0 Å². The number of nitrogens with zero attached hydrogens (tertiary/aromatic N) is 2. The maximum atomic E-state index is 4.87. The Morgan fingerprint density at radius 2 is 1.95 bits per heavy atom. The summed E-state index contributed by atoms with van der Waals surface area (Å²) >= 11 is 0. The number of aryl methyl sites for hydroxylation is 1. The topological polar surface area (TPSA) is 29.9 Å². The van der Waals surface area contributed by atoms with Crippen molar-refractivity contribution >= 4 is 0 Å². The van der Waals surface area contributed by atoms with Gasteiger partial charge in [0.2, 0.25) is 0 Å². The van der Waals surface area contributed by atoms with Crippen molar-refractivity contribution in [2.45, 2.75) is 45.1 Å². The van der Waals surface area contributed by atoms with Crippen LogP contribution in [-0.2, 0) is 13.0 Å². The largest absolute Gasteiger partial charge is 0.317 e. The van der Waals surface area contributed by atoms with Gasteiger partial charge in [-0.25, -0.2) is 0 Å². The molecule has 1 aromatic heterocycles. The summed E-state index contributed by atoms with van der Waals surface area (Å²) in [6, 6.07) is 13.0. The van der Waals surface area contributed by atoms with Crippen LogP contribution in [0.25, 0.3) is 0 Å². The maximum Gasteiger partial charge on any atom is 0.0671 e. The lowest BCUT2D eigenvalue weighted by molar-refractivity contribution is 0.427. The molecule has 112 valence electrons. The lowest BCUT2D eigenvalue weighted by Gasteiger charge is -2.23. The number of rotatable bonds is 5. The second-order valence-electron chi connectivity index (χ2n) is 5.97. The molecule has 1 saturated heterocycles. The van der Waals surface area contributed by atoms with Gasteiger partial charge in [0.05, 0.1) is 5.69 Å². The quantitative estimate of drug-likeness (QED) is 0.912. The van der Waals surface area contributed by atoms with Gasteiger partial charge >= 0.3 is 0 Å². The van der Waals surface area contributed by atoms with Gasteiger partial charge in [0.15, 0.2) is 0 Å². The molecule has 3 heteroatoms. The summed E-state index contributed by atoms with van der Waals surface area (Å²) in [7, 11) is 0. The fourth-order valence-electron chi connectivity index (χ4n) is 3.22. The molecule has 1 aliphatic rings. The molecule has 3 rings (SSSR count). The Labute approximate surface area is 127 Å². The summed E-state index contributed by atoms with van der Waals surface area (Å²) in [6.45, 7) is 5.53. The lowest BCUT2D eigenvalue weighted by Crippen LogP contribution is -2.27. The van der Waals surface area contributed by atoms with Crippen LogP contribution in [0, 0.1) is 0 Å². The summed E-state index contributed by atoms with van der Waals surface area (Å²) in [5, 5.41) is 8.32. The molecule has 0 saturated carbocycles. The average molecular weight is 283 g/mol. The van der Waals surface area contributed by atoms with Crippen LogP contribution in [0.5, 0.6) is 0 Å². The molecule has 1 aliphatic heterocycles. The summed E-state index contributed by atoms with van der Waals surface area (Å²) < 4.78 is 2.26. The van der Waals surface area contributed by atoms with E-state index in [0.29, 0.717) is 5.92 Å². The first-order chi connectivity index (χ1) is 10.4. The van der Waals surface area contributed by atoms with Crippen LogP contribution in [0.3, 0.4) is 0 Å². The number of piperidine rings is 1. The van der Waals surface area contributed by atoms with Gasteiger partial charge in [0, 0.05) is 24.6 Å². The van der Waals surface area contributed by atoms with Crippen molar-refractivity contribution in [1.29, 1.82) is 0 Å². The van der Waals surface area contributed by atoms with Crippen LogP contribution in [-0.4, -0.2) is 22.9 Å². The average Bonchev–Trinajstić information content (AvgIpc) is 2.92. The van der Waals surface area contributed by atoms with E-state index in [-0.39, 0.29) is 0 Å². The highest BCUT2D eigenvalue weighted by Crippen LogP contribution is 2.26. The molecule has 0 unspecified atom stereocenters. The SMILES string of the molecule is CCCn1nc(Cc2ccccc2)cc1C1CCNCC1. The Kier molecular flexibility index (Phi) is 4.71. The van der Waals surface area contributed by atoms with E-state index in [1.54, 1.807) is 0 Å². The van der Waals surface area contributed by atoms with Crippen molar-refractivity contribution in [3.8, 4) is 0 Å². The fraction of sp³-hybridized carbons (Fsp3) is 0.500. The first kappa shape index (κ1) is 14.3. The summed E-state index contributed by atoms with van der Waals surface area (Å²) in [5.41, 5.74) is 4.00. The first-order valence-corrected chi connectivity index (χ1v) is 8.18. The predicted octanol–water partition coefficient (Wildman–Crippen LogP) is 3.35. The van der Waals surface area contributed by atoms with E-state index in [2.05, 4.69) is 53.3 Å². The Morgan fingerprint density at radius 1 is 1.19 bits per heavy atom. The Morgan fingerprint density at radius 3 is 2.67 bits per heavy atom. The van der Waals surface area contributed by atoms with Gasteiger partial charge < -0.3 is 5.32 Å². The molecule has 2 heterocycles. The van der Waals surface area contributed by atoms with E-state index in [1.165, 1.54) is 29.8 Å². The molecule has 0 spiro atoms. The zero-order valence-corrected chi connectivity index (χ0v) is 12.9. The molecule has 3 nitrogen and oxygen atoms in total. The molecule has 21 heavy (non-hydrogen) atoms. The van der Waals surface area contributed by atoms with E-state index < -0.39 is 0 Å². The van der Waals surface area contributed by atoms with Gasteiger partial charge in [0.1, 0.15) is 0 Å². The van der Waals surface area contributed by atoms with Crippen molar-refractivity contribution in [3.63, 3.8) is 0 Å². The van der Waals surface area contributed by atoms with E-state index in [9.17, 15) is 0 Å². The van der Waals surface area contributed by atoms with E-state index in [0.717, 1.165) is 32.5 Å². The molecule has 2 aromatic rings. The summed E-state index contributed by atoms with van der Waals surface area (Å²) in [5.74, 6) is 0.676. The third-order valence-corrected chi connectivity index (χ3v) is 4.28. The Bertz CT molecular complexity index is 553. The van der Waals surface area contributed by atoms with Crippen LogP contribution < -0.4 is 5.32 Å². The van der Waals surface area contributed by atoms with Crippen molar-refractivity contribution < 1.29 is 0 Å². The van der Waals surface area contributed by atoms with Gasteiger partial charge in [-0.1, -0.05) is 37.3 Å². The van der Waals surface area contributed by atoms with Crippen molar-refractivity contribution in [3.05, 3.63) is 53.3 Å². The Balaban J connectivity index is 1.81. The lowest BCUT2D eigenvalue weighted by atomic mass is 9.94. The van der Waals surface area contributed by atoms with Gasteiger partial charge in [0.25, 0.3) is 0 Å². The number of nitrogens with one attached hydrogen (secondary N) is 1. The maximum absolute atomic E-state index is 4.87. The molecular formula is C18H25N3. The van der Waals surface area contributed by atoms with Crippen LogP contribution >= 0.6 is 0 Å². The van der Waals surface area contributed by atoms with Crippen LogP contribution in [0.15, 0.2) is 36.4 Å². The third kappa shape index (κ3) is 3.53. The highest BCUT2D eigenvalue weighted by Gasteiger charge is 2.20. The molecule has 0 bridgehead atoms. The molecule has 1 fully saturated rings. The molecule has 0 aliphatic carbocycles. The smallest absolute Gasteiger partial charge is 0.0671 e. The van der Waals surface area contributed by atoms with Gasteiger partial charge in [-0.2, -0.15) is 5.10 Å². The van der Waals surface area contributed by atoms with Gasteiger partial charge in [-0.05, 0) is 44.0 Å². The van der Waals surface area contributed by atoms with Gasteiger partial charge in [-0.15, -0.1) is 0 Å². The summed E-state index contributed by atoms with van der Waals surface area (Å²) in [4.78, 5) is 0. The van der Waals surface area contributed by atoms with Crippen molar-refractivity contribution in [2.75, 3.05) is 13.1 Å². The third-order valence-electron chi connectivity index (χ3n) is 4.28. The first-order valence-electron chi connectivity index (χ1n) is 8.18. The normalized spacial score (nSPS) is 16.2. The van der Waals surface area contributed by atoms with Crippen LogP contribution in [0.1, 0.15) is 49.1 Å². The number of aromatic nitrogens is 2. The fourth-order valence-corrected chi connectivity index (χ4v) is 3.22. The second kappa shape index (κ2) is 6.90. The number of hydrogen-bond donors (Lipinski definition) is 1.